The van der Waals surface area contributed by atoms with E-state index < -0.39 is 10.0 Å². The quantitative estimate of drug-likeness (QED) is 0.872. The highest BCUT2D eigenvalue weighted by Crippen LogP contribution is 2.37. The second kappa shape index (κ2) is 4.92. The lowest BCUT2D eigenvalue weighted by molar-refractivity contribution is 0.214. The lowest BCUT2D eigenvalue weighted by Gasteiger charge is -2.41. The fourth-order valence-corrected chi connectivity index (χ4v) is 5.29. The lowest BCUT2D eigenvalue weighted by atomic mass is 9.76. The third-order valence-electron chi connectivity index (χ3n) is 3.79. The first kappa shape index (κ1) is 14.0. The van der Waals surface area contributed by atoms with Crippen molar-refractivity contribution in [3.63, 3.8) is 0 Å². The molecule has 0 unspecified atom stereocenters. The molecule has 0 radical (unpaired) electrons. The molecule has 102 valence electrons. The van der Waals surface area contributed by atoms with Crippen LogP contribution in [0.4, 0.5) is 0 Å². The van der Waals surface area contributed by atoms with Crippen LogP contribution in [0.3, 0.4) is 0 Å². The Kier molecular flexibility index (Phi) is 3.82. The molecule has 18 heavy (non-hydrogen) atoms. The number of sulfonamides is 1. The Labute approximate surface area is 113 Å². The lowest BCUT2D eigenvalue weighted by Crippen LogP contribution is -2.52. The van der Waals surface area contributed by atoms with Crippen LogP contribution in [-0.2, 0) is 16.6 Å². The molecule has 1 saturated carbocycles. The molecule has 0 atom stereocenters. The zero-order valence-corrected chi connectivity index (χ0v) is 12.5. The Bertz CT molecular complexity index is 525. The molecule has 0 aromatic carbocycles. The summed E-state index contributed by atoms with van der Waals surface area (Å²) in [7, 11) is -3.39. The number of thiophene rings is 1. The Balaban J connectivity index is 2.25. The van der Waals surface area contributed by atoms with Crippen LogP contribution in [0, 0.1) is 6.92 Å². The van der Waals surface area contributed by atoms with Gasteiger partial charge < -0.3 is 5.73 Å². The number of hydrogen-bond acceptors (Lipinski definition) is 4. The van der Waals surface area contributed by atoms with E-state index in [0.717, 1.165) is 36.1 Å². The van der Waals surface area contributed by atoms with Crippen molar-refractivity contribution in [1.82, 2.24) is 4.72 Å². The highest BCUT2D eigenvalue weighted by molar-refractivity contribution is 7.91. The van der Waals surface area contributed by atoms with Crippen LogP contribution < -0.4 is 10.5 Å². The molecule has 1 fully saturated rings. The average Bonchev–Trinajstić information content (AvgIpc) is 2.66. The summed E-state index contributed by atoms with van der Waals surface area (Å²) in [5.74, 6) is 0. The molecule has 0 saturated heterocycles. The molecule has 6 heteroatoms. The summed E-state index contributed by atoms with van der Waals surface area (Å²) in [5.41, 5.74) is 6.34. The topological polar surface area (TPSA) is 72.2 Å². The van der Waals surface area contributed by atoms with Crippen molar-refractivity contribution in [2.75, 3.05) is 0 Å². The van der Waals surface area contributed by atoms with E-state index in [1.807, 2.05) is 13.8 Å². The van der Waals surface area contributed by atoms with Gasteiger partial charge in [-0.2, -0.15) is 0 Å². The predicted octanol–water partition coefficient (Wildman–Crippen LogP) is 2.13. The van der Waals surface area contributed by atoms with Crippen LogP contribution in [0.5, 0.6) is 0 Å². The zero-order valence-electron chi connectivity index (χ0n) is 10.8. The second-order valence-corrected chi connectivity index (χ2v) is 8.01. The number of nitrogens with two attached hydrogens (primary N) is 1. The second-order valence-electron chi connectivity index (χ2n) is 4.97. The fourth-order valence-electron chi connectivity index (χ4n) is 2.29. The normalized spacial score (nSPS) is 18.6. The van der Waals surface area contributed by atoms with E-state index in [0.29, 0.717) is 10.8 Å². The van der Waals surface area contributed by atoms with Crippen LogP contribution in [0.1, 0.15) is 43.0 Å². The Morgan fingerprint density at radius 2 is 2.17 bits per heavy atom. The predicted molar refractivity (Wildman–Crippen MR) is 74.1 cm³/mol. The molecule has 3 N–H and O–H groups in total. The van der Waals surface area contributed by atoms with Crippen molar-refractivity contribution in [1.29, 1.82) is 0 Å². The van der Waals surface area contributed by atoms with E-state index in [2.05, 4.69) is 4.72 Å². The molecular formula is C12H20N2O2S2. The number of aryl methyl sites for hydroxylation is 1. The van der Waals surface area contributed by atoms with Crippen LogP contribution in [0.2, 0.25) is 0 Å². The summed E-state index contributed by atoms with van der Waals surface area (Å²) in [6.07, 6.45) is 3.84. The van der Waals surface area contributed by atoms with E-state index in [-0.39, 0.29) is 5.54 Å². The van der Waals surface area contributed by atoms with Gasteiger partial charge in [-0.3, -0.25) is 0 Å². The standard InChI is InChI=1S/C12H20N2O2S2/c1-3-12(5-4-6-12)14-18(15,16)11-7-9(2)10(8-13)17-11/h7,14H,3-6,8,13H2,1-2H3. The average molecular weight is 288 g/mol. The SMILES string of the molecule is CCC1(NS(=O)(=O)c2cc(C)c(CN)s2)CCC1. The maximum absolute atomic E-state index is 12.3. The van der Waals surface area contributed by atoms with Gasteiger partial charge in [0.15, 0.2) is 0 Å². The summed E-state index contributed by atoms with van der Waals surface area (Å²) >= 11 is 1.28. The fraction of sp³-hybridized carbons (Fsp3) is 0.667. The van der Waals surface area contributed by atoms with E-state index in [9.17, 15) is 8.42 Å². The van der Waals surface area contributed by atoms with Gasteiger partial charge in [0.1, 0.15) is 4.21 Å². The van der Waals surface area contributed by atoms with Gasteiger partial charge in [-0.25, -0.2) is 13.1 Å². The molecule has 0 bridgehead atoms. The summed E-state index contributed by atoms with van der Waals surface area (Å²) in [4.78, 5) is 0.939. The minimum atomic E-state index is -3.39. The molecule has 1 aromatic heterocycles. The van der Waals surface area contributed by atoms with Crippen molar-refractivity contribution in [2.45, 2.75) is 55.8 Å². The zero-order chi connectivity index (χ0) is 13.4. The molecule has 1 aliphatic carbocycles. The van der Waals surface area contributed by atoms with Crippen LogP contribution >= 0.6 is 11.3 Å². The van der Waals surface area contributed by atoms with Crippen LogP contribution in [-0.4, -0.2) is 14.0 Å². The third-order valence-corrected chi connectivity index (χ3v) is 7.10. The Hall–Kier alpha value is -0.430. The number of nitrogens with one attached hydrogen (secondary N) is 1. The molecule has 1 heterocycles. The molecule has 0 aliphatic heterocycles. The summed E-state index contributed by atoms with van der Waals surface area (Å²) < 4.78 is 27.9. The first-order chi connectivity index (χ1) is 8.42. The molecule has 1 aromatic rings. The number of hydrogen-bond donors (Lipinski definition) is 2. The largest absolute Gasteiger partial charge is 0.326 e. The molecular weight excluding hydrogens is 268 g/mol. The molecule has 4 nitrogen and oxygen atoms in total. The molecule has 0 spiro atoms. The van der Waals surface area contributed by atoms with E-state index in [1.165, 1.54) is 11.3 Å². The summed E-state index contributed by atoms with van der Waals surface area (Å²) in [6, 6.07) is 1.72. The first-order valence-corrected chi connectivity index (χ1v) is 8.56. The van der Waals surface area contributed by atoms with E-state index >= 15 is 0 Å². The highest BCUT2D eigenvalue weighted by Gasteiger charge is 2.39. The van der Waals surface area contributed by atoms with Gasteiger partial charge in [0.2, 0.25) is 0 Å². The van der Waals surface area contributed by atoms with Crippen molar-refractivity contribution < 1.29 is 8.42 Å². The Morgan fingerprint density at radius 1 is 1.50 bits per heavy atom. The van der Waals surface area contributed by atoms with Crippen molar-refractivity contribution in [3.05, 3.63) is 16.5 Å². The molecule has 2 rings (SSSR count). The van der Waals surface area contributed by atoms with Crippen molar-refractivity contribution >= 4 is 21.4 Å². The monoisotopic (exact) mass is 288 g/mol. The van der Waals surface area contributed by atoms with Gasteiger partial charge in [0.05, 0.1) is 0 Å². The molecule has 0 amide bonds. The van der Waals surface area contributed by atoms with Crippen molar-refractivity contribution in [3.8, 4) is 0 Å². The minimum Gasteiger partial charge on any atom is -0.326 e. The first-order valence-electron chi connectivity index (χ1n) is 6.26. The molecule has 1 aliphatic rings. The van der Waals surface area contributed by atoms with E-state index in [1.54, 1.807) is 6.07 Å². The van der Waals surface area contributed by atoms with Crippen LogP contribution in [0.25, 0.3) is 0 Å². The smallest absolute Gasteiger partial charge is 0.250 e. The highest BCUT2D eigenvalue weighted by atomic mass is 32.2. The summed E-state index contributed by atoms with van der Waals surface area (Å²) in [5, 5.41) is 0. The van der Waals surface area contributed by atoms with Gasteiger partial charge >= 0.3 is 0 Å². The van der Waals surface area contributed by atoms with E-state index in [4.69, 9.17) is 5.73 Å². The van der Waals surface area contributed by atoms with Crippen LogP contribution in [0.15, 0.2) is 10.3 Å². The van der Waals surface area contributed by atoms with Gasteiger partial charge in [0.25, 0.3) is 10.0 Å². The maximum Gasteiger partial charge on any atom is 0.250 e. The Morgan fingerprint density at radius 3 is 2.56 bits per heavy atom. The minimum absolute atomic E-state index is 0.209. The van der Waals surface area contributed by atoms with Gasteiger partial charge in [-0.1, -0.05) is 6.92 Å². The van der Waals surface area contributed by atoms with Crippen molar-refractivity contribution in [2.24, 2.45) is 5.73 Å². The number of rotatable bonds is 5. The summed E-state index contributed by atoms with van der Waals surface area (Å²) in [6.45, 7) is 4.33. The van der Waals surface area contributed by atoms with Gasteiger partial charge in [0, 0.05) is 17.0 Å². The van der Waals surface area contributed by atoms with Gasteiger partial charge in [-0.05, 0) is 44.2 Å². The maximum atomic E-state index is 12.3. The third kappa shape index (κ3) is 2.47. The van der Waals surface area contributed by atoms with Gasteiger partial charge in [-0.15, -0.1) is 11.3 Å².